The first kappa shape index (κ1) is 15.9. The summed E-state index contributed by atoms with van der Waals surface area (Å²) in [4.78, 5) is 36.2. The summed E-state index contributed by atoms with van der Waals surface area (Å²) in [6.45, 7) is 3.18. The number of hydrogen-bond acceptors (Lipinski definition) is 5. The van der Waals surface area contributed by atoms with Crippen LogP contribution in [0.5, 0.6) is 0 Å². The number of anilines is 1. The largest absolute Gasteiger partial charge is 0.390 e. The molecule has 0 bridgehead atoms. The van der Waals surface area contributed by atoms with Crippen LogP contribution >= 0.6 is 11.6 Å². The first-order chi connectivity index (χ1) is 15.9. The van der Waals surface area contributed by atoms with Gasteiger partial charge in [0.05, 0.1) is 17.1 Å². The van der Waals surface area contributed by atoms with Crippen molar-refractivity contribution in [2.75, 3.05) is 4.90 Å². The van der Waals surface area contributed by atoms with Gasteiger partial charge in [0.25, 0.3) is 5.91 Å². The highest BCUT2D eigenvalue weighted by atomic mass is 35.5. The second-order valence-corrected chi connectivity index (χ2v) is 8.27. The molecule has 3 heterocycles. The number of fused-ring (bicyclic) bond motifs is 2. The molecule has 0 saturated heterocycles. The SMILES string of the molecule is [2H]c1c([2H])c([2H])c2c(c1[2H])C(=O)N(c1ccc3ccc(Cl)nc3n1)C2CC(=O)CCC(C)(C)O. The smallest absolute Gasteiger partial charge is 0.260 e. The lowest BCUT2D eigenvalue weighted by Crippen LogP contribution is -2.30. The fourth-order valence-corrected chi connectivity index (χ4v) is 3.59. The maximum atomic E-state index is 13.5. The Morgan fingerprint density at radius 2 is 1.97 bits per heavy atom. The molecule has 3 aromatic rings. The van der Waals surface area contributed by atoms with Crippen molar-refractivity contribution in [1.82, 2.24) is 9.97 Å². The first-order valence-electron chi connectivity index (χ1n) is 11.5. The third-order valence-corrected chi connectivity index (χ3v) is 5.19. The van der Waals surface area contributed by atoms with E-state index in [9.17, 15) is 14.7 Å². The second-order valence-electron chi connectivity index (χ2n) is 7.89. The molecule has 1 N–H and O–H groups in total. The van der Waals surface area contributed by atoms with E-state index in [1.807, 2.05) is 0 Å². The van der Waals surface area contributed by atoms with Crippen molar-refractivity contribution in [1.29, 1.82) is 0 Å². The number of carbonyl (C=O) groups is 2. The molecule has 4 rings (SSSR count). The van der Waals surface area contributed by atoms with Gasteiger partial charge >= 0.3 is 0 Å². The van der Waals surface area contributed by atoms with E-state index >= 15 is 0 Å². The molecule has 30 heavy (non-hydrogen) atoms. The maximum Gasteiger partial charge on any atom is 0.260 e. The molecule has 7 heteroatoms. The number of rotatable bonds is 6. The van der Waals surface area contributed by atoms with Gasteiger partial charge < -0.3 is 5.11 Å². The molecule has 0 spiro atoms. The molecular formula is C23H22ClN3O3. The normalized spacial score (nSPS) is 18.1. The van der Waals surface area contributed by atoms with E-state index in [4.69, 9.17) is 17.1 Å². The van der Waals surface area contributed by atoms with Crippen LogP contribution in [0.15, 0.2) is 48.4 Å². The number of aromatic nitrogens is 2. The van der Waals surface area contributed by atoms with E-state index in [-0.39, 0.29) is 58.8 Å². The minimum atomic E-state index is -1.05. The van der Waals surface area contributed by atoms with Gasteiger partial charge in [-0.15, -0.1) is 0 Å². The molecule has 6 nitrogen and oxygen atoms in total. The monoisotopic (exact) mass is 427 g/mol. The summed E-state index contributed by atoms with van der Waals surface area (Å²) in [6, 6.07) is 3.79. The molecule has 1 atom stereocenters. The van der Waals surface area contributed by atoms with Crippen molar-refractivity contribution in [3.05, 3.63) is 64.7 Å². The standard InChI is InChI=1S/C23H22ClN3O3/c1-23(2,30)12-11-15(28)13-18-16-5-3-4-6-17(16)22(29)27(18)20-10-8-14-7-9-19(24)25-21(14)26-20/h3-10,18,30H,11-13H2,1-2H3/i3D,4D,5D,6D. The Labute approximate surface area is 185 Å². The summed E-state index contributed by atoms with van der Waals surface area (Å²) in [7, 11) is 0. The number of pyridine rings is 2. The van der Waals surface area contributed by atoms with Crippen molar-refractivity contribution in [2.45, 2.75) is 44.8 Å². The van der Waals surface area contributed by atoms with Gasteiger partial charge in [-0.3, -0.25) is 14.5 Å². The molecule has 1 unspecified atom stereocenters. The van der Waals surface area contributed by atoms with Gasteiger partial charge in [-0.05, 0) is 56.1 Å². The lowest BCUT2D eigenvalue weighted by atomic mass is 9.95. The van der Waals surface area contributed by atoms with Crippen LogP contribution in [-0.2, 0) is 4.79 Å². The number of carbonyl (C=O) groups excluding carboxylic acids is 2. The van der Waals surface area contributed by atoms with Gasteiger partial charge in [-0.25, -0.2) is 9.97 Å². The Kier molecular flexibility index (Phi) is 4.13. The third-order valence-electron chi connectivity index (χ3n) is 4.98. The van der Waals surface area contributed by atoms with E-state index in [0.29, 0.717) is 5.39 Å². The molecule has 154 valence electrons. The van der Waals surface area contributed by atoms with Crippen LogP contribution in [0, 0.1) is 0 Å². The van der Waals surface area contributed by atoms with Gasteiger partial charge in [-0.2, -0.15) is 0 Å². The molecule has 2 aromatic heterocycles. The fourth-order valence-electron chi connectivity index (χ4n) is 3.45. The highest BCUT2D eigenvalue weighted by Gasteiger charge is 2.39. The minimum absolute atomic E-state index is 0.0466. The van der Waals surface area contributed by atoms with E-state index < -0.39 is 35.7 Å². The number of Topliss-reactive ketones (excluding diaryl/α,β-unsaturated/α-hetero) is 1. The van der Waals surface area contributed by atoms with Gasteiger partial charge in [0, 0.05) is 23.8 Å². The molecule has 1 aromatic carbocycles. The zero-order valence-corrected chi connectivity index (χ0v) is 17.2. The number of benzene rings is 1. The average Bonchev–Trinajstić information content (AvgIpc) is 3.05. The number of amides is 1. The number of hydrogen-bond donors (Lipinski definition) is 1. The molecular weight excluding hydrogens is 402 g/mol. The topological polar surface area (TPSA) is 83.4 Å². The van der Waals surface area contributed by atoms with Gasteiger partial charge in [0.15, 0.2) is 5.65 Å². The van der Waals surface area contributed by atoms with E-state index in [1.54, 1.807) is 38.1 Å². The first-order valence-corrected chi connectivity index (χ1v) is 9.88. The molecule has 1 aliphatic heterocycles. The Morgan fingerprint density at radius 1 is 1.23 bits per heavy atom. The lowest BCUT2D eigenvalue weighted by Gasteiger charge is -2.25. The third kappa shape index (κ3) is 4.06. The van der Waals surface area contributed by atoms with Crippen LogP contribution in [0.4, 0.5) is 5.82 Å². The quantitative estimate of drug-likeness (QED) is 0.586. The van der Waals surface area contributed by atoms with Crippen molar-refractivity contribution >= 4 is 40.1 Å². The van der Waals surface area contributed by atoms with Crippen LogP contribution in [0.3, 0.4) is 0 Å². The van der Waals surface area contributed by atoms with E-state index in [0.717, 1.165) is 0 Å². The van der Waals surface area contributed by atoms with Crippen molar-refractivity contribution in [2.24, 2.45) is 0 Å². The predicted molar refractivity (Wildman–Crippen MR) is 116 cm³/mol. The molecule has 0 saturated carbocycles. The number of nitrogens with zero attached hydrogens (tertiary/aromatic N) is 3. The highest BCUT2D eigenvalue weighted by molar-refractivity contribution is 6.29. The molecule has 0 fully saturated rings. The molecule has 0 radical (unpaired) electrons. The van der Waals surface area contributed by atoms with Crippen molar-refractivity contribution in [3.8, 4) is 0 Å². The van der Waals surface area contributed by atoms with E-state index in [2.05, 4.69) is 9.97 Å². The second kappa shape index (κ2) is 7.78. The average molecular weight is 428 g/mol. The molecule has 1 amide bonds. The van der Waals surface area contributed by atoms with Crippen LogP contribution < -0.4 is 4.90 Å². The summed E-state index contributed by atoms with van der Waals surface area (Å²) in [5, 5.41) is 10.9. The Hall–Kier alpha value is -2.83. The van der Waals surface area contributed by atoms with Crippen molar-refractivity contribution < 1.29 is 20.2 Å². The summed E-state index contributed by atoms with van der Waals surface area (Å²) < 4.78 is 32.8. The molecule has 1 aliphatic rings. The van der Waals surface area contributed by atoms with Crippen LogP contribution in [0.1, 0.15) is 60.6 Å². The van der Waals surface area contributed by atoms with Crippen LogP contribution in [0.2, 0.25) is 5.15 Å². The van der Waals surface area contributed by atoms with Gasteiger partial charge in [0.1, 0.15) is 16.8 Å². The Balaban J connectivity index is 1.84. The summed E-state index contributed by atoms with van der Waals surface area (Å²) in [6.07, 6.45) is 0.0629. The zero-order valence-electron chi connectivity index (χ0n) is 20.5. The Morgan fingerprint density at radius 3 is 2.73 bits per heavy atom. The number of ketones is 1. The lowest BCUT2D eigenvalue weighted by molar-refractivity contribution is -0.120. The number of halogens is 1. The minimum Gasteiger partial charge on any atom is -0.390 e. The van der Waals surface area contributed by atoms with Crippen LogP contribution in [-0.4, -0.2) is 32.4 Å². The zero-order chi connectivity index (χ0) is 24.9. The van der Waals surface area contributed by atoms with Gasteiger partial charge in [0.2, 0.25) is 0 Å². The van der Waals surface area contributed by atoms with Crippen molar-refractivity contribution in [3.63, 3.8) is 0 Å². The van der Waals surface area contributed by atoms with Crippen LogP contribution in [0.25, 0.3) is 11.0 Å². The predicted octanol–water partition coefficient (Wildman–Crippen LogP) is 4.50. The van der Waals surface area contributed by atoms with E-state index in [1.165, 1.54) is 4.90 Å². The summed E-state index contributed by atoms with van der Waals surface area (Å²) in [5.74, 6) is -0.774. The Bertz CT molecular complexity index is 1340. The van der Waals surface area contributed by atoms with Gasteiger partial charge in [-0.1, -0.05) is 29.7 Å². The summed E-state index contributed by atoms with van der Waals surface area (Å²) in [5.41, 5.74) is -0.881. The molecule has 0 aliphatic carbocycles. The fraction of sp³-hybridized carbons (Fsp3) is 0.304. The summed E-state index contributed by atoms with van der Waals surface area (Å²) >= 11 is 5.99. The number of aliphatic hydroxyl groups is 1. The highest BCUT2D eigenvalue weighted by Crippen LogP contribution is 2.39. The maximum absolute atomic E-state index is 13.5.